The fraction of sp³-hybridized carbons (Fsp3) is 0.440. The normalized spacial score (nSPS) is 11.7. The van der Waals surface area contributed by atoms with Crippen LogP contribution in [0.4, 0.5) is 0 Å². The predicted octanol–water partition coefficient (Wildman–Crippen LogP) is 4.79. The number of esters is 1. The Kier molecular flexibility index (Phi) is 9.38. The number of phenolic OH excluding ortho intramolecular Hbond substituents is 1. The van der Waals surface area contributed by atoms with Crippen molar-refractivity contribution in [2.24, 2.45) is 17.0 Å². The number of aryl methyl sites for hydroxylation is 1. The van der Waals surface area contributed by atoms with Gasteiger partial charge in [0.15, 0.2) is 0 Å². The molecule has 0 aliphatic heterocycles. The maximum atomic E-state index is 11.7. The van der Waals surface area contributed by atoms with Crippen molar-refractivity contribution < 1.29 is 29.3 Å². The lowest BCUT2D eigenvalue weighted by molar-refractivity contribution is -0.140. The van der Waals surface area contributed by atoms with Gasteiger partial charge >= 0.3 is 5.97 Å². The van der Waals surface area contributed by atoms with Crippen LogP contribution in [0.25, 0.3) is 0 Å². The Balaban J connectivity index is 2.35. The molecule has 0 aromatic heterocycles. The highest BCUT2D eigenvalue weighted by molar-refractivity contribution is 6.14. The monoisotopic (exact) mass is 443 g/mol. The first-order chi connectivity index (χ1) is 15.2. The smallest absolute Gasteiger partial charge is 0.305 e. The van der Waals surface area contributed by atoms with Gasteiger partial charge < -0.3 is 24.5 Å². The Bertz CT molecular complexity index is 936. The number of hydrogen-bond donors (Lipinski definition) is 2. The van der Waals surface area contributed by atoms with Crippen molar-refractivity contribution >= 4 is 11.7 Å². The summed E-state index contributed by atoms with van der Waals surface area (Å²) in [6.45, 7) is 9.24. The molecule has 0 saturated heterocycles. The van der Waals surface area contributed by atoms with Gasteiger partial charge in [0.1, 0.15) is 23.0 Å². The lowest BCUT2D eigenvalue weighted by Gasteiger charge is -2.16. The van der Waals surface area contributed by atoms with Crippen molar-refractivity contribution in [2.45, 2.75) is 40.5 Å². The van der Waals surface area contributed by atoms with Crippen LogP contribution in [-0.4, -0.2) is 42.3 Å². The van der Waals surface area contributed by atoms with E-state index in [-0.39, 0.29) is 23.9 Å². The number of hydrogen-bond acceptors (Lipinski definition) is 7. The van der Waals surface area contributed by atoms with Crippen molar-refractivity contribution in [1.82, 2.24) is 0 Å². The van der Waals surface area contributed by atoms with E-state index in [2.05, 4.69) is 19.0 Å². The number of phenols is 1. The van der Waals surface area contributed by atoms with E-state index in [0.717, 1.165) is 5.56 Å². The van der Waals surface area contributed by atoms with Gasteiger partial charge in [0, 0.05) is 23.6 Å². The third-order valence-electron chi connectivity index (χ3n) is 4.64. The van der Waals surface area contributed by atoms with Crippen LogP contribution in [0, 0.1) is 11.8 Å². The molecule has 174 valence electrons. The SMILES string of the molecule is COC(=O)CCc1cc(/C(=N\O)c2ccc(OCC(C)C)cc2O)ccc1OCC(C)C. The molecular weight excluding hydrogens is 410 g/mol. The molecule has 0 heterocycles. The third-order valence-corrected chi connectivity index (χ3v) is 4.64. The number of carbonyl (C=O) groups excluding carboxylic acids is 1. The van der Waals surface area contributed by atoms with Gasteiger partial charge in [0.25, 0.3) is 0 Å². The molecule has 0 aliphatic rings. The second kappa shape index (κ2) is 12.0. The van der Waals surface area contributed by atoms with Gasteiger partial charge in [0.2, 0.25) is 0 Å². The minimum absolute atomic E-state index is 0.0599. The molecule has 32 heavy (non-hydrogen) atoms. The van der Waals surface area contributed by atoms with E-state index in [9.17, 15) is 15.1 Å². The summed E-state index contributed by atoms with van der Waals surface area (Å²) in [6, 6.07) is 10.2. The quantitative estimate of drug-likeness (QED) is 0.224. The van der Waals surface area contributed by atoms with Crippen molar-refractivity contribution in [3.8, 4) is 17.2 Å². The zero-order valence-corrected chi connectivity index (χ0v) is 19.4. The average Bonchev–Trinajstić information content (AvgIpc) is 2.76. The van der Waals surface area contributed by atoms with E-state index in [1.54, 1.807) is 30.3 Å². The zero-order valence-electron chi connectivity index (χ0n) is 19.4. The number of rotatable bonds is 11. The number of benzene rings is 2. The summed E-state index contributed by atoms with van der Waals surface area (Å²) in [6.07, 6.45) is 0.595. The van der Waals surface area contributed by atoms with Crippen molar-refractivity contribution in [3.63, 3.8) is 0 Å². The van der Waals surface area contributed by atoms with E-state index in [4.69, 9.17) is 14.2 Å². The molecule has 0 aliphatic carbocycles. The zero-order chi connectivity index (χ0) is 23.7. The number of ether oxygens (including phenoxy) is 3. The largest absolute Gasteiger partial charge is 0.507 e. The molecule has 0 saturated carbocycles. The van der Waals surface area contributed by atoms with Gasteiger partial charge in [0.05, 0.1) is 20.3 Å². The van der Waals surface area contributed by atoms with Crippen LogP contribution in [0.1, 0.15) is 50.8 Å². The average molecular weight is 444 g/mol. The maximum Gasteiger partial charge on any atom is 0.305 e. The molecule has 2 rings (SSSR count). The highest BCUT2D eigenvalue weighted by Crippen LogP contribution is 2.29. The van der Waals surface area contributed by atoms with Gasteiger partial charge in [-0.25, -0.2) is 0 Å². The summed E-state index contributed by atoms with van der Waals surface area (Å²) >= 11 is 0. The molecule has 7 heteroatoms. The molecule has 0 bridgehead atoms. The van der Waals surface area contributed by atoms with E-state index in [0.29, 0.717) is 54.1 Å². The number of oxime groups is 1. The van der Waals surface area contributed by atoms with Crippen molar-refractivity contribution in [2.75, 3.05) is 20.3 Å². The van der Waals surface area contributed by atoms with Gasteiger partial charge in [-0.1, -0.05) is 32.9 Å². The van der Waals surface area contributed by atoms with Gasteiger partial charge in [-0.05, 0) is 54.2 Å². The highest BCUT2D eigenvalue weighted by Gasteiger charge is 2.17. The first-order valence-electron chi connectivity index (χ1n) is 10.8. The van der Waals surface area contributed by atoms with Gasteiger partial charge in [-0.3, -0.25) is 4.79 Å². The van der Waals surface area contributed by atoms with Crippen LogP contribution < -0.4 is 9.47 Å². The number of carbonyl (C=O) groups is 1. The van der Waals surface area contributed by atoms with Crippen molar-refractivity contribution in [3.05, 3.63) is 53.1 Å². The standard InChI is InChI=1S/C25H33NO6/c1-16(2)14-31-20-8-9-21(22(27)13-20)25(26-29)19-6-10-23(32-15-17(3)4)18(12-19)7-11-24(28)30-5/h6,8-10,12-13,16-17,27,29H,7,11,14-15H2,1-5H3/b26-25+. The number of aromatic hydroxyl groups is 1. The Labute approximate surface area is 189 Å². The molecule has 0 amide bonds. The first-order valence-corrected chi connectivity index (χ1v) is 10.8. The second-order valence-electron chi connectivity index (χ2n) is 8.44. The van der Waals surface area contributed by atoms with Crippen LogP contribution >= 0.6 is 0 Å². The van der Waals surface area contributed by atoms with Crippen molar-refractivity contribution in [1.29, 1.82) is 0 Å². The predicted molar refractivity (Wildman–Crippen MR) is 123 cm³/mol. The molecule has 2 N–H and O–H groups in total. The Morgan fingerprint density at radius 1 is 1.00 bits per heavy atom. The third kappa shape index (κ3) is 7.18. The van der Waals surface area contributed by atoms with Gasteiger partial charge in [-0.2, -0.15) is 0 Å². The lowest BCUT2D eigenvalue weighted by atomic mass is 9.97. The summed E-state index contributed by atoms with van der Waals surface area (Å²) in [5, 5.41) is 23.7. The Morgan fingerprint density at radius 3 is 2.28 bits per heavy atom. The Hall–Kier alpha value is -3.22. The minimum atomic E-state index is -0.323. The molecule has 0 fully saturated rings. The summed E-state index contributed by atoms with van der Waals surface area (Å²) in [4.78, 5) is 11.7. The van der Waals surface area contributed by atoms with E-state index in [1.807, 2.05) is 13.8 Å². The van der Waals surface area contributed by atoms with Crippen LogP contribution in [0.5, 0.6) is 17.2 Å². The first kappa shape index (κ1) is 25.0. The maximum absolute atomic E-state index is 11.7. The minimum Gasteiger partial charge on any atom is -0.507 e. The van der Waals surface area contributed by atoms with E-state index >= 15 is 0 Å². The summed E-state index contributed by atoms with van der Waals surface area (Å²) in [5.41, 5.74) is 1.92. The molecule has 0 radical (unpaired) electrons. The summed E-state index contributed by atoms with van der Waals surface area (Å²) in [5.74, 6) is 1.50. The summed E-state index contributed by atoms with van der Waals surface area (Å²) in [7, 11) is 1.35. The fourth-order valence-electron chi connectivity index (χ4n) is 2.99. The number of nitrogens with zero attached hydrogens (tertiary/aromatic N) is 1. The summed E-state index contributed by atoms with van der Waals surface area (Å²) < 4.78 is 16.3. The van der Waals surface area contributed by atoms with Crippen LogP contribution in [0.15, 0.2) is 41.6 Å². The van der Waals surface area contributed by atoms with E-state index in [1.165, 1.54) is 13.2 Å². The molecule has 2 aromatic carbocycles. The highest BCUT2D eigenvalue weighted by atomic mass is 16.5. The van der Waals surface area contributed by atoms with Crippen LogP contribution in [0.2, 0.25) is 0 Å². The molecule has 7 nitrogen and oxygen atoms in total. The molecule has 0 spiro atoms. The fourth-order valence-corrected chi connectivity index (χ4v) is 2.99. The molecule has 2 aromatic rings. The Morgan fingerprint density at radius 2 is 1.69 bits per heavy atom. The molecule has 0 unspecified atom stereocenters. The molecular formula is C25H33NO6. The molecule has 0 atom stereocenters. The van der Waals surface area contributed by atoms with Crippen LogP contribution in [0.3, 0.4) is 0 Å². The number of methoxy groups -OCH3 is 1. The second-order valence-corrected chi connectivity index (χ2v) is 8.44. The topological polar surface area (TPSA) is 97.6 Å². The lowest BCUT2D eigenvalue weighted by Crippen LogP contribution is -2.10. The van der Waals surface area contributed by atoms with E-state index < -0.39 is 0 Å². The van der Waals surface area contributed by atoms with Crippen LogP contribution in [-0.2, 0) is 16.0 Å². The van der Waals surface area contributed by atoms with Gasteiger partial charge in [-0.15, -0.1) is 0 Å².